The first-order chi connectivity index (χ1) is 11.5. The lowest BCUT2D eigenvalue weighted by Crippen LogP contribution is -2.17. The maximum atomic E-state index is 11.9. The minimum atomic E-state index is -0.458. The van der Waals surface area contributed by atoms with Crippen molar-refractivity contribution >= 4 is 28.8 Å². The van der Waals surface area contributed by atoms with Crippen LogP contribution in [-0.2, 0) is 4.79 Å². The second kappa shape index (κ2) is 7.91. The number of hydrogen-bond donors (Lipinski definition) is 2. The highest BCUT2D eigenvalue weighted by Crippen LogP contribution is 2.22. The molecule has 8 heteroatoms. The van der Waals surface area contributed by atoms with Gasteiger partial charge in [0, 0.05) is 33.1 Å². The molecule has 1 aromatic carbocycles. The van der Waals surface area contributed by atoms with Crippen LogP contribution in [0.4, 0.5) is 22.9 Å². The van der Waals surface area contributed by atoms with Gasteiger partial charge >= 0.3 is 0 Å². The van der Waals surface area contributed by atoms with Crippen molar-refractivity contribution < 1.29 is 9.72 Å². The van der Waals surface area contributed by atoms with E-state index in [9.17, 15) is 14.9 Å². The number of anilines is 3. The van der Waals surface area contributed by atoms with Gasteiger partial charge in [-0.25, -0.2) is 4.98 Å². The second-order valence-corrected chi connectivity index (χ2v) is 5.30. The molecule has 126 valence electrons. The largest absolute Gasteiger partial charge is 0.379 e. The number of nitrogens with zero attached hydrogens (tertiary/aromatic N) is 3. The van der Waals surface area contributed by atoms with Gasteiger partial charge < -0.3 is 15.5 Å². The van der Waals surface area contributed by atoms with E-state index in [0.29, 0.717) is 17.9 Å². The second-order valence-electron chi connectivity index (χ2n) is 5.30. The lowest BCUT2D eigenvalue weighted by atomic mass is 10.2. The van der Waals surface area contributed by atoms with Crippen LogP contribution in [-0.4, -0.2) is 36.5 Å². The van der Waals surface area contributed by atoms with Crippen molar-refractivity contribution in [1.29, 1.82) is 0 Å². The highest BCUT2D eigenvalue weighted by Gasteiger charge is 2.12. The average Bonchev–Trinajstić information content (AvgIpc) is 2.55. The molecule has 1 aromatic heterocycles. The monoisotopic (exact) mass is 329 g/mol. The van der Waals surface area contributed by atoms with Gasteiger partial charge in [-0.05, 0) is 18.2 Å². The molecule has 0 saturated heterocycles. The van der Waals surface area contributed by atoms with E-state index in [1.165, 1.54) is 6.07 Å². The maximum absolute atomic E-state index is 11.9. The zero-order valence-corrected chi connectivity index (χ0v) is 13.5. The van der Waals surface area contributed by atoms with E-state index in [-0.39, 0.29) is 18.0 Å². The first kappa shape index (κ1) is 17.2. The summed E-state index contributed by atoms with van der Waals surface area (Å²) < 4.78 is 0. The lowest BCUT2D eigenvalue weighted by Gasteiger charge is -2.12. The average molecular weight is 329 g/mol. The van der Waals surface area contributed by atoms with E-state index >= 15 is 0 Å². The number of nitro benzene ring substituents is 1. The number of para-hydroxylation sites is 2. The van der Waals surface area contributed by atoms with E-state index in [0.717, 1.165) is 5.82 Å². The van der Waals surface area contributed by atoms with Crippen molar-refractivity contribution in [3.63, 3.8) is 0 Å². The molecule has 2 rings (SSSR count). The van der Waals surface area contributed by atoms with Crippen LogP contribution >= 0.6 is 0 Å². The standard InChI is InChI=1S/C16H19N5O3/c1-20(2)15-8-7-12(11-18-15)19-16(22)9-10-17-13-5-3-4-6-14(13)21(23)24/h3-8,11,17H,9-10H2,1-2H3,(H,19,22). The fourth-order valence-corrected chi connectivity index (χ4v) is 2.04. The molecule has 0 aliphatic rings. The van der Waals surface area contributed by atoms with Gasteiger partial charge in [0.25, 0.3) is 5.69 Å². The fourth-order valence-electron chi connectivity index (χ4n) is 2.04. The summed E-state index contributed by atoms with van der Waals surface area (Å²) >= 11 is 0. The Balaban J connectivity index is 1.84. The molecule has 0 saturated carbocycles. The molecular weight excluding hydrogens is 310 g/mol. The van der Waals surface area contributed by atoms with Crippen molar-refractivity contribution in [2.75, 3.05) is 36.2 Å². The van der Waals surface area contributed by atoms with Gasteiger partial charge in [-0.2, -0.15) is 0 Å². The summed E-state index contributed by atoms with van der Waals surface area (Å²) in [6, 6.07) is 9.91. The number of aromatic nitrogens is 1. The number of rotatable bonds is 7. The molecule has 0 aliphatic carbocycles. The summed E-state index contributed by atoms with van der Waals surface area (Å²) in [7, 11) is 3.77. The van der Waals surface area contributed by atoms with Gasteiger partial charge in [-0.1, -0.05) is 12.1 Å². The highest BCUT2D eigenvalue weighted by atomic mass is 16.6. The Morgan fingerprint density at radius 2 is 2.00 bits per heavy atom. The van der Waals surface area contributed by atoms with Crippen molar-refractivity contribution in [2.45, 2.75) is 6.42 Å². The van der Waals surface area contributed by atoms with Crippen LogP contribution in [0.1, 0.15) is 6.42 Å². The summed E-state index contributed by atoms with van der Waals surface area (Å²) in [4.78, 5) is 28.4. The fraction of sp³-hybridized carbons (Fsp3) is 0.250. The Bertz CT molecular complexity index is 716. The molecule has 2 aromatic rings. The van der Waals surface area contributed by atoms with E-state index in [4.69, 9.17) is 0 Å². The van der Waals surface area contributed by atoms with Crippen LogP contribution in [0.15, 0.2) is 42.6 Å². The van der Waals surface area contributed by atoms with Crippen LogP contribution in [0, 0.1) is 10.1 Å². The van der Waals surface area contributed by atoms with Crippen LogP contribution in [0.3, 0.4) is 0 Å². The zero-order chi connectivity index (χ0) is 17.5. The number of hydrogen-bond acceptors (Lipinski definition) is 6. The Morgan fingerprint density at radius 3 is 2.62 bits per heavy atom. The Morgan fingerprint density at radius 1 is 1.25 bits per heavy atom. The molecule has 0 atom stereocenters. The van der Waals surface area contributed by atoms with Crippen LogP contribution < -0.4 is 15.5 Å². The molecule has 1 heterocycles. The Labute approximate surface area is 139 Å². The Kier molecular flexibility index (Phi) is 5.67. The summed E-state index contributed by atoms with van der Waals surface area (Å²) in [6.07, 6.45) is 1.77. The van der Waals surface area contributed by atoms with Gasteiger partial charge in [0.1, 0.15) is 11.5 Å². The van der Waals surface area contributed by atoms with Crippen molar-refractivity contribution in [1.82, 2.24) is 4.98 Å². The number of carbonyl (C=O) groups excluding carboxylic acids is 1. The van der Waals surface area contributed by atoms with Crippen molar-refractivity contribution in [3.05, 3.63) is 52.7 Å². The first-order valence-corrected chi connectivity index (χ1v) is 7.38. The number of benzene rings is 1. The van der Waals surface area contributed by atoms with E-state index < -0.39 is 4.92 Å². The summed E-state index contributed by atoms with van der Waals surface area (Å²) in [5, 5.41) is 16.6. The number of nitro groups is 1. The van der Waals surface area contributed by atoms with E-state index in [2.05, 4.69) is 15.6 Å². The predicted octanol–water partition coefficient (Wildman–Crippen LogP) is 2.50. The number of pyridine rings is 1. The molecule has 0 radical (unpaired) electrons. The van der Waals surface area contributed by atoms with Crippen molar-refractivity contribution in [3.8, 4) is 0 Å². The normalized spacial score (nSPS) is 10.1. The summed E-state index contributed by atoms with van der Waals surface area (Å²) in [6.45, 7) is 0.292. The van der Waals surface area contributed by atoms with Gasteiger partial charge in [0.15, 0.2) is 0 Å². The number of carbonyl (C=O) groups is 1. The molecule has 0 aliphatic heterocycles. The molecule has 0 unspecified atom stereocenters. The topological polar surface area (TPSA) is 100 Å². The molecular formula is C16H19N5O3. The minimum absolute atomic E-state index is 0.0126. The van der Waals surface area contributed by atoms with E-state index in [1.807, 2.05) is 19.0 Å². The van der Waals surface area contributed by atoms with Gasteiger partial charge in [0.2, 0.25) is 5.91 Å². The van der Waals surface area contributed by atoms with Crippen LogP contribution in [0.5, 0.6) is 0 Å². The van der Waals surface area contributed by atoms with Crippen molar-refractivity contribution in [2.24, 2.45) is 0 Å². The molecule has 8 nitrogen and oxygen atoms in total. The molecule has 24 heavy (non-hydrogen) atoms. The highest BCUT2D eigenvalue weighted by molar-refractivity contribution is 5.91. The molecule has 0 spiro atoms. The zero-order valence-electron chi connectivity index (χ0n) is 13.5. The SMILES string of the molecule is CN(C)c1ccc(NC(=O)CCNc2ccccc2[N+](=O)[O-])cn1. The summed E-state index contributed by atoms with van der Waals surface area (Å²) in [5.41, 5.74) is 0.991. The van der Waals surface area contributed by atoms with Crippen LogP contribution in [0.2, 0.25) is 0 Å². The third-order valence-corrected chi connectivity index (χ3v) is 3.26. The van der Waals surface area contributed by atoms with Crippen LogP contribution in [0.25, 0.3) is 0 Å². The molecule has 2 N–H and O–H groups in total. The Hall–Kier alpha value is -3.16. The number of nitrogens with one attached hydrogen (secondary N) is 2. The van der Waals surface area contributed by atoms with Gasteiger partial charge in [-0.15, -0.1) is 0 Å². The van der Waals surface area contributed by atoms with Gasteiger partial charge in [-0.3, -0.25) is 14.9 Å². The molecule has 1 amide bonds. The third kappa shape index (κ3) is 4.67. The maximum Gasteiger partial charge on any atom is 0.292 e. The third-order valence-electron chi connectivity index (χ3n) is 3.26. The predicted molar refractivity (Wildman–Crippen MR) is 93.4 cm³/mol. The lowest BCUT2D eigenvalue weighted by molar-refractivity contribution is -0.384. The van der Waals surface area contributed by atoms with Gasteiger partial charge in [0.05, 0.1) is 16.8 Å². The quantitative estimate of drug-likeness (QED) is 0.598. The molecule has 0 fully saturated rings. The molecule has 0 bridgehead atoms. The number of amides is 1. The van der Waals surface area contributed by atoms with E-state index in [1.54, 1.807) is 36.5 Å². The summed E-state index contributed by atoms with van der Waals surface area (Å²) in [5.74, 6) is 0.603. The minimum Gasteiger partial charge on any atom is -0.379 e. The first-order valence-electron chi connectivity index (χ1n) is 7.38. The smallest absolute Gasteiger partial charge is 0.292 e.